The number of aliphatic carboxylic acids is 1. The number of hydrogen-bond acceptors (Lipinski definition) is 3. The lowest BCUT2D eigenvalue weighted by Crippen LogP contribution is -2.32. The van der Waals surface area contributed by atoms with Crippen molar-refractivity contribution in [2.24, 2.45) is 0 Å². The Bertz CT molecular complexity index is 143. The number of hydrogen-bond donors (Lipinski definition) is 2. The van der Waals surface area contributed by atoms with Gasteiger partial charge in [0.25, 0.3) is 0 Å². The van der Waals surface area contributed by atoms with Gasteiger partial charge in [-0.1, -0.05) is 6.92 Å². The van der Waals surface area contributed by atoms with E-state index in [4.69, 9.17) is 10.2 Å². The molecule has 0 radical (unpaired) electrons. The van der Waals surface area contributed by atoms with E-state index in [1.165, 1.54) is 0 Å². The molecule has 0 heterocycles. The Morgan fingerprint density at radius 3 is 2.30 bits per heavy atom. The predicted molar refractivity (Wildman–Crippen MR) is 33.6 cm³/mol. The fourth-order valence-corrected chi connectivity index (χ4v) is 0.512. The summed E-state index contributed by atoms with van der Waals surface area (Å²) in [4.78, 5) is 20.1. The van der Waals surface area contributed by atoms with E-state index in [1.807, 2.05) is 0 Å². The molecule has 2 N–H and O–H groups in total. The van der Waals surface area contributed by atoms with Crippen LogP contribution in [-0.2, 0) is 9.59 Å². The van der Waals surface area contributed by atoms with Crippen molar-refractivity contribution in [2.75, 3.05) is 0 Å². The second kappa shape index (κ2) is 3.31. The van der Waals surface area contributed by atoms with Crippen LogP contribution in [0.1, 0.15) is 19.8 Å². The number of carbonyl (C=O) groups is 2. The molecule has 1 unspecified atom stereocenters. The fraction of sp³-hybridized carbons (Fsp3) is 0.667. The van der Waals surface area contributed by atoms with Gasteiger partial charge in [-0.3, -0.25) is 4.79 Å². The van der Waals surface area contributed by atoms with Crippen LogP contribution in [0.3, 0.4) is 0 Å². The van der Waals surface area contributed by atoms with Crippen LogP contribution in [0.4, 0.5) is 0 Å². The summed E-state index contributed by atoms with van der Waals surface area (Å²) < 4.78 is 0. The molecule has 0 aliphatic heterocycles. The van der Waals surface area contributed by atoms with Crippen LogP contribution in [0.15, 0.2) is 0 Å². The van der Waals surface area contributed by atoms with Crippen molar-refractivity contribution < 1.29 is 19.8 Å². The van der Waals surface area contributed by atoms with Crippen LogP contribution >= 0.6 is 0 Å². The average molecular weight is 146 g/mol. The Morgan fingerprint density at radius 2 is 2.20 bits per heavy atom. The number of aldehydes is 1. The molecule has 0 aliphatic rings. The molecule has 0 fully saturated rings. The summed E-state index contributed by atoms with van der Waals surface area (Å²) >= 11 is 0. The lowest BCUT2D eigenvalue weighted by atomic mass is 9.99. The number of carbonyl (C=O) groups excluding carboxylic acids is 1. The molecule has 0 saturated carbocycles. The highest BCUT2D eigenvalue weighted by Crippen LogP contribution is 2.10. The standard InChI is InChI=1S/C6H10O4/c1-2-6(10,4-7)3-5(8)9/h4,10H,2-3H2,1H3,(H,8,9). The van der Waals surface area contributed by atoms with Crippen molar-refractivity contribution >= 4 is 12.3 Å². The summed E-state index contributed by atoms with van der Waals surface area (Å²) in [7, 11) is 0. The molecular weight excluding hydrogens is 136 g/mol. The second-order valence-electron chi connectivity index (χ2n) is 2.15. The molecule has 4 heteroatoms. The lowest BCUT2D eigenvalue weighted by molar-refractivity contribution is -0.146. The molecule has 1 atom stereocenters. The third-order valence-corrected chi connectivity index (χ3v) is 1.29. The van der Waals surface area contributed by atoms with Crippen LogP contribution in [0.25, 0.3) is 0 Å². The smallest absolute Gasteiger partial charge is 0.306 e. The second-order valence-corrected chi connectivity index (χ2v) is 2.15. The minimum Gasteiger partial charge on any atom is -0.481 e. The maximum Gasteiger partial charge on any atom is 0.306 e. The van der Waals surface area contributed by atoms with Crippen LogP contribution in [0, 0.1) is 0 Å². The van der Waals surface area contributed by atoms with E-state index in [1.54, 1.807) is 6.92 Å². The maximum absolute atomic E-state index is 10.1. The Labute approximate surface area is 58.5 Å². The topological polar surface area (TPSA) is 74.6 Å². The molecular formula is C6H10O4. The van der Waals surface area contributed by atoms with Crippen molar-refractivity contribution in [3.8, 4) is 0 Å². The van der Waals surface area contributed by atoms with Gasteiger partial charge in [0.15, 0.2) is 6.29 Å². The molecule has 4 nitrogen and oxygen atoms in total. The van der Waals surface area contributed by atoms with E-state index >= 15 is 0 Å². The van der Waals surface area contributed by atoms with E-state index in [-0.39, 0.29) is 12.7 Å². The average Bonchev–Trinajstić information content (AvgIpc) is 1.87. The van der Waals surface area contributed by atoms with Gasteiger partial charge in [-0.15, -0.1) is 0 Å². The molecule has 0 saturated heterocycles. The van der Waals surface area contributed by atoms with E-state index in [9.17, 15) is 9.59 Å². The summed E-state index contributed by atoms with van der Waals surface area (Å²) in [6, 6.07) is 0. The quantitative estimate of drug-likeness (QED) is 0.538. The molecule has 0 aliphatic carbocycles. The van der Waals surface area contributed by atoms with Gasteiger partial charge in [-0.25, -0.2) is 0 Å². The van der Waals surface area contributed by atoms with Gasteiger partial charge in [0.2, 0.25) is 0 Å². The Morgan fingerprint density at radius 1 is 1.70 bits per heavy atom. The van der Waals surface area contributed by atoms with E-state index in [2.05, 4.69) is 0 Å². The molecule has 0 bridgehead atoms. The molecule has 0 aromatic heterocycles. The molecule has 0 aromatic carbocycles. The molecule has 0 spiro atoms. The summed E-state index contributed by atoms with van der Waals surface area (Å²) in [5, 5.41) is 17.2. The number of carboxylic acid groups (broad SMARTS) is 1. The highest BCUT2D eigenvalue weighted by atomic mass is 16.4. The largest absolute Gasteiger partial charge is 0.481 e. The zero-order valence-electron chi connectivity index (χ0n) is 5.70. The summed E-state index contributed by atoms with van der Waals surface area (Å²) in [6.45, 7) is 1.55. The van der Waals surface area contributed by atoms with Crippen LogP contribution in [0.5, 0.6) is 0 Å². The monoisotopic (exact) mass is 146 g/mol. The zero-order chi connectivity index (χ0) is 8.20. The van der Waals surface area contributed by atoms with Crippen molar-refractivity contribution in [1.82, 2.24) is 0 Å². The van der Waals surface area contributed by atoms with E-state index < -0.39 is 18.0 Å². The zero-order valence-corrected chi connectivity index (χ0v) is 5.70. The molecule has 10 heavy (non-hydrogen) atoms. The Hall–Kier alpha value is -0.900. The van der Waals surface area contributed by atoms with Gasteiger partial charge in [0, 0.05) is 0 Å². The normalized spacial score (nSPS) is 15.8. The summed E-state index contributed by atoms with van der Waals surface area (Å²) in [5.41, 5.74) is -1.67. The summed E-state index contributed by atoms with van der Waals surface area (Å²) in [5.74, 6) is -1.17. The van der Waals surface area contributed by atoms with Crippen molar-refractivity contribution in [2.45, 2.75) is 25.4 Å². The number of carboxylic acids is 1. The van der Waals surface area contributed by atoms with Crippen LogP contribution in [-0.4, -0.2) is 28.1 Å². The Kier molecular flexibility index (Phi) is 3.02. The molecule has 58 valence electrons. The maximum atomic E-state index is 10.1. The van der Waals surface area contributed by atoms with Crippen molar-refractivity contribution in [3.63, 3.8) is 0 Å². The summed E-state index contributed by atoms with van der Waals surface area (Å²) in [6.07, 6.45) is -0.128. The minimum absolute atomic E-state index is 0.128. The van der Waals surface area contributed by atoms with Gasteiger partial charge in [0.05, 0.1) is 6.42 Å². The van der Waals surface area contributed by atoms with E-state index in [0.29, 0.717) is 0 Å². The van der Waals surface area contributed by atoms with E-state index in [0.717, 1.165) is 0 Å². The number of rotatable bonds is 4. The predicted octanol–water partition coefficient (Wildman–Crippen LogP) is -0.199. The Balaban J connectivity index is 4.05. The first kappa shape index (κ1) is 9.10. The first-order chi connectivity index (χ1) is 4.54. The van der Waals surface area contributed by atoms with Crippen molar-refractivity contribution in [3.05, 3.63) is 0 Å². The highest BCUT2D eigenvalue weighted by molar-refractivity contribution is 5.75. The first-order valence-corrected chi connectivity index (χ1v) is 2.94. The highest BCUT2D eigenvalue weighted by Gasteiger charge is 2.26. The SMILES string of the molecule is CCC(O)(C=O)CC(=O)O. The molecule has 0 rings (SSSR count). The van der Waals surface area contributed by atoms with Crippen molar-refractivity contribution in [1.29, 1.82) is 0 Å². The van der Waals surface area contributed by atoms with Gasteiger partial charge in [0.1, 0.15) is 5.60 Å². The third kappa shape index (κ3) is 2.59. The van der Waals surface area contributed by atoms with Gasteiger partial charge >= 0.3 is 5.97 Å². The molecule has 0 aromatic rings. The van der Waals surface area contributed by atoms with Crippen LogP contribution in [0.2, 0.25) is 0 Å². The van der Waals surface area contributed by atoms with Crippen LogP contribution < -0.4 is 0 Å². The van der Waals surface area contributed by atoms with Gasteiger partial charge in [-0.2, -0.15) is 0 Å². The fourth-order valence-electron chi connectivity index (χ4n) is 0.512. The number of aliphatic hydroxyl groups is 1. The third-order valence-electron chi connectivity index (χ3n) is 1.29. The lowest BCUT2D eigenvalue weighted by Gasteiger charge is -2.15. The molecule has 0 amide bonds. The first-order valence-electron chi connectivity index (χ1n) is 2.94. The van der Waals surface area contributed by atoms with Gasteiger partial charge < -0.3 is 15.0 Å². The minimum atomic E-state index is -1.67. The van der Waals surface area contributed by atoms with Gasteiger partial charge in [-0.05, 0) is 6.42 Å².